The van der Waals surface area contributed by atoms with Gasteiger partial charge in [0.15, 0.2) is 5.78 Å². The SMILES string of the molecule is COc1ccccc1N(CCN1CCC(C(=O)c2ccc(F)cc2)CC1)C(=O)c1ccc(C(=N)N)cc1.O=C(O)C(=O)O. The van der Waals surface area contributed by atoms with E-state index in [0.29, 0.717) is 54.1 Å². The van der Waals surface area contributed by atoms with Gasteiger partial charge in [0.05, 0.1) is 12.8 Å². The first-order valence-electron chi connectivity index (χ1n) is 13.4. The van der Waals surface area contributed by atoms with Crippen LogP contribution in [0.25, 0.3) is 0 Å². The Balaban J connectivity index is 0.000000765. The molecule has 1 aliphatic rings. The van der Waals surface area contributed by atoms with Crippen molar-refractivity contribution in [2.24, 2.45) is 11.7 Å². The number of para-hydroxylation sites is 2. The van der Waals surface area contributed by atoms with E-state index in [1.54, 1.807) is 48.4 Å². The Kier molecular flexibility index (Phi) is 11.5. The van der Waals surface area contributed by atoms with Crippen LogP contribution in [0.2, 0.25) is 0 Å². The molecule has 1 fully saturated rings. The number of nitrogens with one attached hydrogen (secondary N) is 1. The highest BCUT2D eigenvalue weighted by molar-refractivity contribution is 6.27. The number of rotatable bonds is 9. The molecular formula is C31H33FN4O7. The van der Waals surface area contributed by atoms with E-state index in [0.717, 1.165) is 13.1 Å². The number of anilines is 1. The molecule has 1 saturated heterocycles. The first-order chi connectivity index (χ1) is 20.5. The smallest absolute Gasteiger partial charge is 0.414 e. The number of amidine groups is 1. The molecule has 0 atom stereocenters. The zero-order valence-electron chi connectivity index (χ0n) is 23.5. The van der Waals surface area contributed by atoms with Gasteiger partial charge in [0.25, 0.3) is 5.91 Å². The van der Waals surface area contributed by atoms with Gasteiger partial charge in [-0.2, -0.15) is 0 Å². The maximum absolute atomic E-state index is 13.6. The monoisotopic (exact) mass is 592 g/mol. The van der Waals surface area contributed by atoms with Crippen molar-refractivity contribution in [3.8, 4) is 5.75 Å². The number of ketones is 1. The molecule has 0 saturated carbocycles. The highest BCUT2D eigenvalue weighted by Crippen LogP contribution is 2.29. The zero-order valence-corrected chi connectivity index (χ0v) is 23.5. The van der Waals surface area contributed by atoms with Crippen LogP contribution in [0, 0.1) is 17.1 Å². The number of hydrogen-bond acceptors (Lipinski definition) is 7. The van der Waals surface area contributed by atoms with Crippen molar-refractivity contribution in [1.82, 2.24) is 4.90 Å². The summed E-state index contributed by atoms with van der Waals surface area (Å²) >= 11 is 0. The van der Waals surface area contributed by atoms with Crippen LogP contribution in [-0.2, 0) is 9.59 Å². The molecule has 0 bridgehead atoms. The summed E-state index contributed by atoms with van der Waals surface area (Å²) < 4.78 is 18.7. The number of carbonyl (C=O) groups is 4. The lowest BCUT2D eigenvalue weighted by molar-refractivity contribution is -0.159. The number of carboxylic acid groups (broad SMARTS) is 2. The van der Waals surface area contributed by atoms with E-state index in [9.17, 15) is 14.0 Å². The molecule has 1 heterocycles. The normalized spacial score (nSPS) is 13.3. The Morgan fingerprint density at radius 3 is 1.98 bits per heavy atom. The number of benzene rings is 3. The van der Waals surface area contributed by atoms with Crippen molar-refractivity contribution in [2.75, 3.05) is 38.2 Å². The molecule has 0 unspecified atom stereocenters. The lowest BCUT2D eigenvalue weighted by Gasteiger charge is -2.33. The lowest BCUT2D eigenvalue weighted by Crippen LogP contribution is -2.43. The Morgan fingerprint density at radius 2 is 1.44 bits per heavy atom. The van der Waals surface area contributed by atoms with Gasteiger partial charge in [-0.05, 0) is 74.5 Å². The molecule has 3 aromatic carbocycles. The van der Waals surface area contributed by atoms with Gasteiger partial charge in [-0.1, -0.05) is 24.3 Å². The predicted octanol–water partition coefficient (Wildman–Crippen LogP) is 3.52. The van der Waals surface area contributed by atoms with Gasteiger partial charge >= 0.3 is 11.9 Å². The third-order valence-electron chi connectivity index (χ3n) is 6.97. The molecule has 11 nitrogen and oxygen atoms in total. The van der Waals surface area contributed by atoms with E-state index in [2.05, 4.69) is 4.90 Å². The summed E-state index contributed by atoms with van der Waals surface area (Å²) in [6.45, 7) is 2.54. The molecule has 0 spiro atoms. The number of nitrogens with zero attached hydrogens (tertiary/aromatic N) is 2. The standard InChI is InChI=1S/C29H31FN4O3.C2H2O4/c1-37-26-5-3-2-4-25(26)34(29(36)23-8-6-22(7-9-23)28(31)32)19-18-33-16-14-21(15-17-33)27(35)20-10-12-24(30)13-11-20;3-1(4)2(5)6/h2-13,21H,14-19H2,1H3,(H3,31,32);(H,3,4)(H,5,6). The van der Waals surface area contributed by atoms with Crippen molar-refractivity contribution in [3.05, 3.63) is 95.3 Å². The molecule has 0 aliphatic carbocycles. The quantitative estimate of drug-likeness (QED) is 0.125. The van der Waals surface area contributed by atoms with Crippen LogP contribution in [0.4, 0.5) is 10.1 Å². The first kappa shape index (κ1) is 32.4. The lowest BCUT2D eigenvalue weighted by atomic mass is 9.89. The van der Waals surface area contributed by atoms with Crippen LogP contribution < -0.4 is 15.4 Å². The predicted molar refractivity (Wildman–Crippen MR) is 157 cm³/mol. The number of nitrogens with two attached hydrogens (primary N) is 1. The van der Waals surface area contributed by atoms with Crippen molar-refractivity contribution in [2.45, 2.75) is 12.8 Å². The average Bonchev–Trinajstić information content (AvgIpc) is 3.02. The number of carboxylic acids is 2. The number of nitrogen functional groups attached to an aromatic ring is 1. The first-order valence-corrected chi connectivity index (χ1v) is 13.4. The van der Waals surface area contributed by atoms with E-state index < -0.39 is 11.9 Å². The number of amides is 1. The molecule has 0 radical (unpaired) electrons. The Morgan fingerprint density at radius 1 is 0.907 bits per heavy atom. The van der Waals surface area contributed by atoms with Gasteiger partial charge in [-0.15, -0.1) is 0 Å². The minimum Gasteiger partial charge on any atom is -0.495 e. The third-order valence-corrected chi connectivity index (χ3v) is 6.97. The van der Waals surface area contributed by atoms with Crippen LogP contribution in [0.5, 0.6) is 5.75 Å². The minimum atomic E-state index is -1.82. The van der Waals surface area contributed by atoms with Crippen molar-refractivity contribution < 1.29 is 38.5 Å². The Labute approximate surface area is 247 Å². The topological polar surface area (TPSA) is 174 Å². The summed E-state index contributed by atoms with van der Waals surface area (Å²) in [4.78, 5) is 48.6. The molecule has 43 heavy (non-hydrogen) atoms. The Bertz CT molecular complexity index is 1440. The second-order valence-corrected chi connectivity index (χ2v) is 9.72. The molecule has 5 N–H and O–H groups in total. The van der Waals surface area contributed by atoms with Gasteiger partial charge in [0, 0.05) is 35.7 Å². The van der Waals surface area contributed by atoms with Gasteiger partial charge in [-0.25, -0.2) is 14.0 Å². The number of aliphatic carboxylic acids is 2. The van der Waals surface area contributed by atoms with Crippen LogP contribution >= 0.6 is 0 Å². The number of ether oxygens (including phenoxy) is 1. The van der Waals surface area contributed by atoms with E-state index in [4.69, 9.17) is 35.7 Å². The van der Waals surface area contributed by atoms with Gasteiger partial charge in [0.2, 0.25) is 0 Å². The van der Waals surface area contributed by atoms with Crippen LogP contribution in [0.15, 0.2) is 72.8 Å². The van der Waals surface area contributed by atoms with Crippen molar-refractivity contribution in [3.63, 3.8) is 0 Å². The van der Waals surface area contributed by atoms with E-state index >= 15 is 0 Å². The second kappa shape index (κ2) is 15.2. The van der Waals surface area contributed by atoms with E-state index in [1.807, 2.05) is 24.3 Å². The molecule has 1 aliphatic heterocycles. The second-order valence-electron chi connectivity index (χ2n) is 9.72. The summed E-state index contributed by atoms with van der Waals surface area (Å²) in [5.41, 5.74) is 7.81. The highest BCUT2D eigenvalue weighted by Gasteiger charge is 2.27. The van der Waals surface area contributed by atoms with Crippen molar-refractivity contribution >= 4 is 35.2 Å². The molecule has 226 valence electrons. The number of hydrogen-bond donors (Lipinski definition) is 4. The number of piperidine rings is 1. The maximum Gasteiger partial charge on any atom is 0.414 e. The van der Waals surface area contributed by atoms with E-state index in [-0.39, 0.29) is 29.3 Å². The molecular weight excluding hydrogens is 559 g/mol. The summed E-state index contributed by atoms with van der Waals surface area (Å²) in [6, 6.07) is 19.8. The van der Waals surface area contributed by atoms with Crippen LogP contribution in [0.3, 0.4) is 0 Å². The summed E-state index contributed by atoms with van der Waals surface area (Å²) in [5.74, 6) is -3.67. The molecule has 12 heteroatoms. The molecule has 3 aromatic rings. The fourth-order valence-corrected chi connectivity index (χ4v) is 4.64. The summed E-state index contributed by atoms with van der Waals surface area (Å²) in [6.07, 6.45) is 1.43. The average molecular weight is 593 g/mol. The van der Waals surface area contributed by atoms with Gasteiger partial charge < -0.3 is 30.5 Å². The number of halogens is 1. The van der Waals surface area contributed by atoms with Crippen molar-refractivity contribution in [1.29, 1.82) is 5.41 Å². The highest BCUT2D eigenvalue weighted by atomic mass is 19.1. The largest absolute Gasteiger partial charge is 0.495 e. The van der Waals surface area contributed by atoms with Crippen LogP contribution in [0.1, 0.15) is 39.1 Å². The van der Waals surface area contributed by atoms with Crippen LogP contribution in [-0.4, -0.2) is 77.9 Å². The number of carbonyl (C=O) groups excluding carboxylic acids is 2. The molecule has 1 amide bonds. The summed E-state index contributed by atoms with van der Waals surface area (Å²) in [5, 5.41) is 22.4. The fraction of sp³-hybridized carbons (Fsp3) is 0.258. The number of likely N-dealkylation sites (tertiary alicyclic amines) is 1. The number of methoxy groups -OCH3 is 1. The number of Topliss-reactive ketones (excluding diaryl/α,β-unsaturated/α-hetero) is 1. The molecule has 4 rings (SSSR count). The summed E-state index contributed by atoms with van der Waals surface area (Å²) in [7, 11) is 1.58. The van der Waals surface area contributed by atoms with Gasteiger partial charge in [-0.3, -0.25) is 15.0 Å². The maximum atomic E-state index is 13.6. The minimum absolute atomic E-state index is 0.0538. The van der Waals surface area contributed by atoms with Gasteiger partial charge in [0.1, 0.15) is 17.4 Å². The Hall–Kier alpha value is -5.10. The third kappa shape index (κ3) is 8.94. The zero-order chi connectivity index (χ0) is 31.5. The molecule has 0 aromatic heterocycles. The van der Waals surface area contributed by atoms with E-state index in [1.165, 1.54) is 12.1 Å². The fourth-order valence-electron chi connectivity index (χ4n) is 4.64.